The Kier molecular flexibility index (Phi) is 4.32. The number of ether oxygens (including phenoxy) is 1. The molecule has 2 aromatic rings. The van der Waals surface area contributed by atoms with Crippen molar-refractivity contribution >= 4 is 17.4 Å². The van der Waals surface area contributed by atoms with Crippen LogP contribution in [0.3, 0.4) is 0 Å². The number of halogens is 1. The summed E-state index contributed by atoms with van der Waals surface area (Å²) in [6.07, 6.45) is 0. The topological polar surface area (TPSA) is 35.2 Å². The van der Waals surface area contributed by atoms with Gasteiger partial charge in [-0.3, -0.25) is 0 Å². The van der Waals surface area contributed by atoms with E-state index in [1.165, 1.54) is 17.8 Å². The highest BCUT2D eigenvalue weighted by atomic mass is 32.2. The average molecular weight is 277 g/mol. The lowest BCUT2D eigenvalue weighted by Crippen LogP contribution is -1.98. The number of nitrogens with two attached hydrogens (primary N) is 1. The number of benzene rings is 2. The average Bonchev–Trinajstić information content (AvgIpc) is 2.38. The minimum Gasteiger partial charge on any atom is -0.491 e. The number of rotatable bonds is 4. The molecule has 0 saturated heterocycles. The van der Waals surface area contributed by atoms with Gasteiger partial charge in [-0.2, -0.15) is 0 Å². The van der Waals surface area contributed by atoms with E-state index in [4.69, 9.17) is 10.5 Å². The van der Waals surface area contributed by atoms with E-state index in [-0.39, 0.29) is 5.75 Å². The lowest BCUT2D eigenvalue weighted by molar-refractivity contribution is 0.321. The van der Waals surface area contributed by atoms with E-state index < -0.39 is 5.82 Å². The molecule has 0 heterocycles. The fourth-order valence-electron chi connectivity index (χ4n) is 1.69. The van der Waals surface area contributed by atoms with Crippen molar-refractivity contribution in [3.8, 4) is 5.75 Å². The number of aryl methyl sites for hydroxylation is 1. The zero-order chi connectivity index (χ0) is 13.8. The summed E-state index contributed by atoms with van der Waals surface area (Å²) < 4.78 is 18.9. The van der Waals surface area contributed by atoms with Gasteiger partial charge in [0, 0.05) is 21.5 Å². The van der Waals surface area contributed by atoms with E-state index in [0.29, 0.717) is 12.3 Å². The fraction of sp³-hybridized carbons (Fsp3) is 0.200. The highest BCUT2D eigenvalue weighted by Gasteiger charge is 2.11. The molecule has 0 saturated carbocycles. The van der Waals surface area contributed by atoms with Crippen LogP contribution in [0.15, 0.2) is 46.2 Å². The molecule has 0 atom stereocenters. The van der Waals surface area contributed by atoms with Crippen LogP contribution in [0.2, 0.25) is 0 Å². The van der Waals surface area contributed by atoms with Gasteiger partial charge < -0.3 is 10.5 Å². The van der Waals surface area contributed by atoms with Gasteiger partial charge in [0.05, 0.1) is 6.61 Å². The van der Waals surface area contributed by atoms with Crippen LogP contribution in [0, 0.1) is 12.7 Å². The highest BCUT2D eigenvalue weighted by molar-refractivity contribution is 7.99. The Morgan fingerprint density at radius 3 is 2.63 bits per heavy atom. The summed E-state index contributed by atoms with van der Waals surface area (Å²) in [6, 6.07) is 11.0. The predicted octanol–water partition coefficient (Wildman–Crippen LogP) is 4.27. The van der Waals surface area contributed by atoms with Crippen LogP contribution in [0.25, 0.3) is 0 Å². The maximum atomic E-state index is 13.6. The summed E-state index contributed by atoms with van der Waals surface area (Å²) in [5, 5.41) is 0. The SMILES string of the molecule is CCOc1cc(Sc2ccccc2C)c(N)cc1F. The number of hydrogen-bond acceptors (Lipinski definition) is 3. The number of nitrogen functional groups attached to an aromatic ring is 1. The van der Waals surface area contributed by atoms with Gasteiger partial charge in [-0.1, -0.05) is 30.0 Å². The zero-order valence-corrected chi connectivity index (χ0v) is 11.8. The first-order valence-electron chi connectivity index (χ1n) is 6.07. The van der Waals surface area contributed by atoms with Crippen LogP contribution in [0.5, 0.6) is 5.75 Å². The molecule has 0 fully saturated rings. The molecule has 0 radical (unpaired) electrons. The van der Waals surface area contributed by atoms with Crippen LogP contribution in [0.4, 0.5) is 10.1 Å². The summed E-state index contributed by atoms with van der Waals surface area (Å²) in [5.74, 6) is -0.179. The normalized spacial score (nSPS) is 10.5. The molecule has 0 unspecified atom stereocenters. The molecule has 19 heavy (non-hydrogen) atoms. The summed E-state index contributed by atoms with van der Waals surface area (Å²) in [5.41, 5.74) is 7.45. The number of anilines is 1. The van der Waals surface area contributed by atoms with E-state index in [1.54, 1.807) is 6.07 Å². The van der Waals surface area contributed by atoms with Crippen molar-refractivity contribution in [3.63, 3.8) is 0 Å². The largest absolute Gasteiger partial charge is 0.491 e. The van der Waals surface area contributed by atoms with Crippen molar-refractivity contribution in [3.05, 3.63) is 47.8 Å². The molecule has 2 N–H and O–H groups in total. The van der Waals surface area contributed by atoms with E-state index in [0.717, 1.165) is 15.4 Å². The van der Waals surface area contributed by atoms with Crippen molar-refractivity contribution in [2.45, 2.75) is 23.6 Å². The zero-order valence-electron chi connectivity index (χ0n) is 10.9. The second-order valence-electron chi connectivity index (χ2n) is 4.12. The Balaban J connectivity index is 2.34. The molecule has 2 nitrogen and oxygen atoms in total. The van der Waals surface area contributed by atoms with Gasteiger partial charge in [0.2, 0.25) is 0 Å². The Morgan fingerprint density at radius 1 is 1.21 bits per heavy atom. The van der Waals surface area contributed by atoms with Crippen LogP contribution < -0.4 is 10.5 Å². The third-order valence-electron chi connectivity index (χ3n) is 2.68. The molecule has 0 aromatic heterocycles. The van der Waals surface area contributed by atoms with Crippen molar-refractivity contribution in [1.82, 2.24) is 0 Å². The van der Waals surface area contributed by atoms with Gasteiger partial charge in [0.1, 0.15) is 0 Å². The monoisotopic (exact) mass is 277 g/mol. The first-order valence-corrected chi connectivity index (χ1v) is 6.88. The van der Waals surface area contributed by atoms with Gasteiger partial charge in [0.15, 0.2) is 11.6 Å². The quantitative estimate of drug-likeness (QED) is 0.848. The van der Waals surface area contributed by atoms with Crippen molar-refractivity contribution in [1.29, 1.82) is 0 Å². The third kappa shape index (κ3) is 3.20. The molecule has 0 spiro atoms. The maximum Gasteiger partial charge on any atom is 0.167 e. The summed E-state index contributed by atoms with van der Waals surface area (Å²) >= 11 is 1.52. The van der Waals surface area contributed by atoms with Crippen LogP contribution in [-0.2, 0) is 0 Å². The molecule has 4 heteroatoms. The van der Waals surface area contributed by atoms with E-state index >= 15 is 0 Å². The molecule has 0 aliphatic rings. The molecule has 100 valence electrons. The first-order chi connectivity index (χ1) is 9.11. The first kappa shape index (κ1) is 13.7. The van der Waals surface area contributed by atoms with Gasteiger partial charge in [-0.05, 0) is 31.5 Å². The number of hydrogen-bond donors (Lipinski definition) is 1. The Labute approximate surface area is 116 Å². The van der Waals surface area contributed by atoms with Gasteiger partial charge in [-0.15, -0.1) is 0 Å². The lowest BCUT2D eigenvalue weighted by Gasteiger charge is -2.11. The Hall–Kier alpha value is -1.68. The van der Waals surface area contributed by atoms with E-state index in [1.807, 2.05) is 38.1 Å². The standard InChI is InChI=1S/C15H16FNOS/c1-3-18-13-9-15(12(17)8-11(13)16)19-14-7-5-4-6-10(14)2/h4-9H,3,17H2,1-2H3. The maximum absolute atomic E-state index is 13.6. The molecular formula is C15H16FNOS. The molecule has 2 rings (SSSR count). The highest BCUT2D eigenvalue weighted by Crippen LogP contribution is 2.37. The fourth-order valence-corrected chi connectivity index (χ4v) is 2.65. The molecule has 0 aliphatic heterocycles. The van der Waals surface area contributed by atoms with Crippen molar-refractivity contribution < 1.29 is 9.13 Å². The smallest absolute Gasteiger partial charge is 0.167 e. The minimum atomic E-state index is -0.423. The van der Waals surface area contributed by atoms with Gasteiger partial charge >= 0.3 is 0 Å². The third-order valence-corrected chi connectivity index (χ3v) is 3.93. The van der Waals surface area contributed by atoms with E-state index in [9.17, 15) is 4.39 Å². The van der Waals surface area contributed by atoms with Gasteiger partial charge in [0.25, 0.3) is 0 Å². The molecule has 0 bridgehead atoms. The lowest BCUT2D eigenvalue weighted by atomic mass is 10.2. The summed E-state index contributed by atoms with van der Waals surface area (Å²) in [7, 11) is 0. The van der Waals surface area contributed by atoms with E-state index in [2.05, 4.69) is 0 Å². The van der Waals surface area contributed by atoms with Crippen LogP contribution in [-0.4, -0.2) is 6.61 Å². The second kappa shape index (κ2) is 5.97. The molecule has 0 aliphatic carbocycles. The van der Waals surface area contributed by atoms with Gasteiger partial charge in [-0.25, -0.2) is 4.39 Å². The summed E-state index contributed by atoms with van der Waals surface area (Å²) in [6.45, 7) is 4.28. The van der Waals surface area contributed by atoms with Crippen molar-refractivity contribution in [2.24, 2.45) is 0 Å². The van der Waals surface area contributed by atoms with Crippen molar-refractivity contribution in [2.75, 3.05) is 12.3 Å². The predicted molar refractivity (Wildman–Crippen MR) is 77.3 cm³/mol. The minimum absolute atomic E-state index is 0.243. The molecule has 2 aromatic carbocycles. The Bertz CT molecular complexity index is 586. The Morgan fingerprint density at radius 2 is 1.95 bits per heavy atom. The van der Waals surface area contributed by atoms with Crippen LogP contribution in [0.1, 0.15) is 12.5 Å². The molecular weight excluding hydrogens is 261 g/mol. The molecule has 0 amide bonds. The van der Waals surface area contributed by atoms with Crippen LogP contribution >= 0.6 is 11.8 Å². The summed E-state index contributed by atoms with van der Waals surface area (Å²) in [4.78, 5) is 1.91. The second-order valence-corrected chi connectivity index (χ2v) is 5.20.